The first-order valence-electron chi connectivity index (χ1n) is 9.55. The van der Waals surface area contributed by atoms with Gasteiger partial charge in [0.05, 0.1) is 18.4 Å². The maximum atomic E-state index is 12.8. The second-order valence-corrected chi connectivity index (χ2v) is 7.01. The highest BCUT2D eigenvalue weighted by Crippen LogP contribution is 2.29. The topological polar surface area (TPSA) is 55.3 Å². The van der Waals surface area contributed by atoms with E-state index < -0.39 is 0 Å². The van der Waals surface area contributed by atoms with Gasteiger partial charge in [-0.3, -0.25) is 14.8 Å². The molecule has 3 aromatic rings. The molecule has 3 heterocycles. The van der Waals surface area contributed by atoms with Crippen LogP contribution in [-0.2, 0) is 0 Å². The highest BCUT2D eigenvalue weighted by Gasteiger charge is 2.26. The Bertz CT molecular complexity index is 942. The molecule has 0 radical (unpaired) electrons. The van der Waals surface area contributed by atoms with Crippen molar-refractivity contribution in [2.24, 2.45) is 0 Å². The molecule has 1 amide bonds. The molecule has 0 unspecified atom stereocenters. The van der Waals surface area contributed by atoms with E-state index in [0.717, 1.165) is 42.1 Å². The molecule has 0 bridgehead atoms. The predicted molar refractivity (Wildman–Crippen MR) is 108 cm³/mol. The first kappa shape index (κ1) is 18.2. The lowest BCUT2D eigenvalue weighted by Crippen LogP contribution is -2.39. The van der Waals surface area contributed by atoms with Gasteiger partial charge >= 0.3 is 0 Å². The summed E-state index contributed by atoms with van der Waals surface area (Å²) in [5, 5.41) is 0. The number of hydrogen-bond donors (Lipinski definition) is 0. The number of likely N-dealkylation sites (tertiary alicyclic amines) is 1. The van der Waals surface area contributed by atoms with Crippen LogP contribution in [-0.4, -0.2) is 41.0 Å². The van der Waals surface area contributed by atoms with Crippen molar-refractivity contribution >= 4 is 5.91 Å². The molecule has 5 heteroatoms. The van der Waals surface area contributed by atoms with Crippen molar-refractivity contribution in [3.05, 3.63) is 78.2 Å². The van der Waals surface area contributed by atoms with E-state index in [9.17, 15) is 4.79 Å². The molecular formula is C23H23N3O2. The summed E-state index contributed by atoms with van der Waals surface area (Å²) in [6.07, 6.45) is 5.33. The summed E-state index contributed by atoms with van der Waals surface area (Å²) in [6, 6.07) is 17.7. The number of piperidine rings is 1. The van der Waals surface area contributed by atoms with Gasteiger partial charge in [0.25, 0.3) is 5.91 Å². The van der Waals surface area contributed by atoms with Crippen LogP contribution >= 0.6 is 0 Å². The third kappa shape index (κ3) is 3.88. The Morgan fingerprint density at radius 1 is 1.11 bits per heavy atom. The standard InChI is InChI=1S/C23H23N3O2/c1-28-20-11-9-17(10-12-20)21-7-2-8-22(25-21)19-6-4-14-26(16-19)23(27)18-5-3-13-24-15-18/h2-3,5,7-13,15,19H,4,6,14,16H2,1H3/t19-/m1/s1. The van der Waals surface area contributed by atoms with Gasteiger partial charge in [0.1, 0.15) is 5.75 Å². The molecule has 0 spiro atoms. The van der Waals surface area contributed by atoms with Crippen LogP contribution in [0, 0.1) is 0 Å². The fraction of sp³-hybridized carbons (Fsp3) is 0.261. The number of amides is 1. The minimum absolute atomic E-state index is 0.0455. The molecule has 1 atom stereocenters. The van der Waals surface area contributed by atoms with Gasteiger partial charge < -0.3 is 9.64 Å². The molecule has 1 aromatic carbocycles. The Morgan fingerprint density at radius 2 is 1.96 bits per heavy atom. The number of nitrogens with zero attached hydrogens (tertiary/aromatic N) is 3. The van der Waals surface area contributed by atoms with E-state index in [0.29, 0.717) is 12.1 Å². The molecular weight excluding hydrogens is 350 g/mol. The summed E-state index contributed by atoms with van der Waals surface area (Å²) in [7, 11) is 1.66. The first-order chi connectivity index (χ1) is 13.7. The number of methoxy groups -OCH3 is 1. The lowest BCUT2D eigenvalue weighted by molar-refractivity contribution is 0.0705. The number of hydrogen-bond acceptors (Lipinski definition) is 4. The van der Waals surface area contributed by atoms with Gasteiger partial charge in [-0.2, -0.15) is 0 Å². The van der Waals surface area contributed by atoms with E-state index >= 15 is 0 Å². The van der Waals surface area contributed by atoms with Gasteiger partial charge in [0.2, 0.25) is 0 Å². The van der Waals surface area contributed by atoms with E-state index in [4.69, 9.17) is 9.72 Å². The highest BCUT2D eigenvalue weighted by atomic mass is 16.5. The van der Waals surface area contributed by atoms with Gasteiger partial charge in [-0.1, -0.05) is 6.07 Å². The third-order valence-electron chi connectivity index (χ3n) is 5.19. The third-order valence-corrected chi connectivity index (χ3v) is 5.19. The van der Waals surface area contributed by atoms with Crippen molar-refractivity contribution in [3.8, 4) is 17.0 Å². The van der Waals surface area contributed by atoms with Gasteiger partial charge in [-0.25, -0.2) is 0 Å². The van der Waals surface area contributed by atoms with Crippen molar-refractivity contribution in [3.63, 3.8) is 0 Å². The smallest absolute Gasteiger partial charge is 0.255 e. The zero-order valence-corrected chi connectivity index (χ0v) is 15.9. The molecule has 0 saturated carbocycles. The van der Waals surface area contributed by atoms with Crippen LogP contribution in [0.1, 0.15) is 34.8 Å². The van der Waals surface area contributed by atoms with Gasteiger partial charge in [0.15, 0.2) is 0 Å². The molecule has 2 aromatic heterocycles. The minimum Gasteiger partial charge on any atom is -0.497 e. The Balaban J connectivity index is 1.53. The maximum Gasteiger partial charge on any atom is 0.255 e. The van der Waals surface area contributed by atoms with E-state index in [-0.39, 0.29) is 11.8 Å². The lowest BCUT2D eigenvalue weighted by atomic mass is 9.93. The van der Waals surface area contributed by atoms with Gasteiger partial charge in [-0.05, 0) is 61.4 Å². The average Bonchev–Trinajstić information content (AvgIpc) is 2.79. The molecule has 0 aliphatic carbocycles. The summed E-state index contributed by atoms with van der Waals surface area (Å²) in [5.74, 6) is 1.12. The zero-order valence-electron chi connectivity index (χ0n) is 15.9. The van der Waals surface area contributed by atoms with E-state index in [1.54, 1.807) is 25.6 Å². The van der Waals surface area contributed by atoms with Crippen LogP contribution in [0.3, 0.4) is 0 Å². The summed E-state index contributed by atoms with van der Waals surface area (Å²) >= 11 is 0. The first-order valence-corrected chi connectivity index (χ1v) is 9.55. The van der Waals surface area contributed by atoms with E-state index in [1.807, 2.05) is 47.4 Å². The number of benzene rings is 1. The van der Waals surface area contributed by atoms with Gasteiger partial charge in [-0.15, -0.1) is 0 Å². The molecule has 142 valence electrons. The molecule has 0 N–H and O–H groups in total. The van der Waals surface area contributed by atoms with Crippen molar-refractivity contribution in [1.29, 1.82) is 0 Å². The summed E-state index contributed by atoms with van der Waals surface area (Å²) in [6.45, 7) is 1.47. The summed E-state index contributed by atoms with van der Waals surface area (Å²) in [5.41, 5.74) is 3.68. The van der Waals surface area contributed by atoms with Crippen molar-refractivity contribution < 1.29 is 9.53 Å². The number of pyridine rings is 2. The molecule has 28 heavy (non-hydrogen) atoms. The number of rotatable bonds is 4. The van der Waals surface area contributed by atoms with Crippen LogP contribution in [0.5, 0.6) is 5.75 Å². The maximum absolute atomic E-state index is 12.8. The summed E-state index contributed by atoms with van der Waals surface area (Å²) < 4.78 is 5.23. The quantitative estimate of drug-likeness (QED) is 0.689. The zero-order chi connectivity index (χ0) is 19.3. The summed E-state index contributed by atoms with van der Waals surface area (Å²) in [4.78, 5) is 23.7. The largest absolute Gasteiger partial charge is 0.497 e. The second kappa shape index (κ2) is 8.21. The molecule has 4 rings (SSSR count). The fourth-order valence-corrected chi connectivity index (χ4v) is 3.68. The van der Waals surface area contributed by atoms with Crippen molar-refractivity contribution in [1.82, 2.24) is 14.9 Å². The Kier molecular flexibility index (Phi) is 5.33. The van der Waals surface area contributed by atoms with E-state index in [2.05, 4.69) is 11.1 Å². The predicted octanol–water partition coefficient (Wildman–Crippen LogP) is 4.17. The molecule has 5 nitrogen and oxygen atoms in total. The average molecular weight is 373 g/mol. The van der Waals surface area contributed by atoms with Crippen LogP contribution in [0.2, 0.25) is 0 Å². The van der Waals surface area contributed by atoms with Crippen LogP contribution in [0.15, 0.2) is 67.0 Å². The van der Waals surface area contributed by atoms with Crippen molar-refractivity contribution in [2.75, 3.05) is 20.2 Å². The number of carbonyl (C=O) groups is 1. The highest BCUT2D eigenvalue weighted by molar-refractivity contribution is 5.94. The van der Waals surface area contributed by atoms with Crippen LogP contribution < -0.4 is 4.74 Å². The fourth-order valence-electron chi connectivity index (χ4n) is 3.68. The van der Waals surface area contributed by atoms with Crippen molar-refractivity contribution in [2.45, 2.75) is 18.8 Å². The molecule has 1 fully saturated rings. The normalized spacial score (nSPS) is 16.6. The number of carbonyl (C=O) groups excluding carboxylic acids is 1. The Morgan fingerprint density at radius 3 is 2.71 bits per heavy atom. The Hall–Kier alpha value is -3.21. The monoisotopic (exact) mass is 373 g/mol. The van der Waals surface area contributed by atoms with Crippen LogP contribution in [0.25, 0.3) is 11.3 Å². The lowest BCUT2D eigenvalue weighted by Gasteiger charge is -2.32. The number of aromatic nitrogens is 2. The molecule has 1 aliphatic rings. The van der Waals surface area contributed by atoms with E-state index in [1.165, 1.54) is 0 Å². The van der Waals surface area contributed by atoms with Gasteiger partial charge in [0, 0.05) is 42.7 Å². The minimum atomic E-state index is 0.0455. The molecule has 1 saturated heterocycles. The second-order valence-electron chi connectivity index (χ2n) is 7.01. The molecule has 1 aliphatic heterocycles. The Labute approximate surface area is 165 Å². The SMILES string of the molecule is COc1ccc(-c2cccc([C@@H]3CCCN(C(=O)c4cccnc4)C3)n2)cc1. The van der Waals surface area contributed by atoms with Crippen LogP contribution in [0.4, 0.5) is 0 Å². The number of ether oxygens (including phenoxy) is 1.